The zero-order chi connectivity index (χ0) is 25.1. The maximum Gasteiger partial charge on any atom is 0.256 e. The van der Waals surface area contributed by atoms with E-state index >= 15 is 0 Å². The molecule has 2 aliphatic rings. The van der Waals surface area contributed by atoms with Crippen LogP contribution >= 0.6 is 0 Å². The van der Waals surface area contributed by atoms with E-state index in [9.17, 15) is 19.4 Å². The Hall–Kier alpha value is -3.06. The van der Waals surface area contributed by atoms with Crippen LogP contribution < -0.4 is 0 Å². The topological polar surface area (TPSA) is 70.0 Å². The summed E-state index contributed by atoms with van der Waals surface area (Å²) in [4.78, 5) is 15.6. The Labute approximate surface area is 211 Å². The highest BCUT2D eigenvalue weighted by atomic mass is 19.1. The van der Waals surface area contributed by atoms with Crippen LogP contribution in [0.2, 0.25) is 0 Å². The number of carbonyl (C=O) groups excluding carboxylic acids is 1. The minimum absolute atomic E-state index is 0.0463. The summed E-state index contributed by atoms with van der Waals surface area (Å²) >= 11 is 0. The Bertz CT molecular complexity index is 1170. The number of aliphatic hydroxyl groups is 2. The maximum absolute atomic E-state index is 14.9. The maximum atomic E-state index is 14.9. The first-order chi connectivity index (χ1) is 17.5. The number of hydrogen-bond donors (Lipinski definition) is 2. The van der Waals surface area contributed by atoms with Crippen LogP contribution in [0.25, 0.3) is 0 Å². The summed E-state index contributed by atoms with van der Waals surface area (Å²) in [6.45, 7) is 0.957. The molecule has 0 bridgehead atoms. The second-order valence-electron chi connectivity index (χ2n) is 10.1. The average Bonchev–Trinajstić information content (AvgIpc) is 3.35. The molecule has 1 aliphatic heterocycles. The molecule has 5 unspecified atom stereocenters. The number of carbonyl (C=O) groups is 1. The molecule has 36 heavy (non-hydrogen) atoms. The standard InChI is InChI=1S/C30H32FNO4/c31-27-14-8-7-13-25(27)30(35)16-22(19-33)15-24-17-32(18-26(24)30)29(34)28(23-11-5-2-6-12-23)36-20-21-9-3-1-4-10-21/h1-14,22,24,26,28,33,35H,15-20H2. The van der Waals surface area contributed by atoms with E-state index in [2.05, 4.69) is 0 Å². The van der Waals surface area contributed by atoms with Crippen molar-refractivity contribution in [1.82, 2.24) is 4.90 Å². The van der Waals surface area contributed by atoms with Crippen molar-refractivity contribution in [2.45, 2.75) is 31.2 Å². The molecule has 188 valence electrons. The molecule has 2 N–H and O–H groups in total. The van der Waals surface area contributed by atoms with E-state index in [1.807, 2.05) is 60.7 Å². The third-order valence-corrected chi connectivity index (χ3v) is 7.79. The summed E-state index contributed by atoms with van der Waals surface area (Å²) in [6, 6.07) is 25.4. The zero-order valence-corrected chi connectivity index (χ0v) is 20.2. The number of ether oxygens (including phenoxy) is 1. The zero-order valence-electron chi connectivity index (χ0n) is 20.2. The highest BCUT2D eigenvalue weighted by Crippen LogP contribution is 2.51. The van der Waals surface area contributed by atoms with Crippen LogP contribution in [0, 0.1) is 23.6 Å². The Kier molecular flexibility index (Phi) is 7.19. The second-order valence-corrected chi connectivity index (χ2v) is 10.1. The molecule has 1 amide bonds. The fraction of sp³-hybridized carbons (Fsp3) is 0.367. The van der Waals surface area contributed by atoms with Gasteiger partial charge < -0.3 is 19.8 Å². The molecule has 1 saturated heterocycles. The van der Waals surface area contributed by atoms with Gasteiger partial charge in [0, 0.05) is 31.2 Å². The van der Waals surface area contributed by atoms with Crippen molar-refractivity contribution in [3.8, 4) is 0 Å². The molecular weight excluding hydrogens is 457 g/mol. The van der Waals surface area contributed by atoms with Crippen LogP contribution in [0.15, 0.2) is 84.9 Å². The molecular formula is C30H32FNO4. The Balaban J connectivity index is 1.41. The number of benzene rings is 3. The number of likely N-dealkylation sites (tertiary alicyclic amines) is 1. The molecule has 3 aromatic carbocycles. The fourth-order valence-corrected chi connectivity index (χ4v) is 6.05. The van der Waals surface area contributed by atoms with E-state index < -0.39 is 17.5 Å². The molecule has 0 aromatic heterocycles. The van der Waals surface area contributed by atoms with E-state index in [0.717, 1.165) is 11.1 Å². The summed E-state index contributed by atoms with van der Waals surface area (Å²) in [6.07, 6.45) is 0.157. The quantitative estimate of drug-likeness (QED) is 0.515. The Morgan fingerprint density at radius 2 is 1.67 bits per heavy atom. The normalized spacial score (nSPS) is 26.4. The first-order valence-corrected chi connectivity index (χ1v) is 12.6. The van der Waals surface area contributed by atoms with Crippen molar-refractivity contribution < 1.29 is 24.1 Å². The minimum Gasteiger partial charge on any atom is -0.396 e. The van der Waals surface area contributed by atoms with E-state index in [0.29, 0.717) is 26.1 Å². The monoisotopic (exact) mass is 489 g/mol. The first kappa shape index (κ1) is 24.6. The summed E-state index contributed by atoms with van der Waals surface area (Å²) in [5, 5.41) is 21.8. The molecule has 6 heteroatoms. The lowest BCUT2D eigenvalue weighted by Crippen LogP contribution is -2.47. The van der Waals surface area contributed by atoms with Gasteiger partial charge in [0.1, 0.15) is 5.82 Å². The number of hydrogen-bond acceptors (Lipinski definition) is 4. The molecule has 2 fully saturated rings. The van der Waals surface area contributed by atoms with Crippen molar-refractivity contribution in [3.63, 3.8) is 0 Å². The lowest BCUT2D eigenvalue weighted by Gasteiger charge is -2.44. The molecule has 5 nitrogen and oxygen atoms in total. The third-order valence-electron chi connectivity index (χ3n) is 7.79. The van der Waals surface area contributed by atoms with Gasteiger partial charge in [-0.3, -0.25) is 4.79 Å². The van der Waals surface area contributed by atoms with Crippen LogP contribution in [-0.4, -0.2) is 40.7 Å². The molecule has 1 saturated carbocycles. The molecule has 5 atom stereocenters. The van der Waals surface area contributed by atoms with Crippen molar-refractivity contribution >= 4 is 5.91 Å². The lowest BCUT2D eigenvalue weighted by atomic mass is 9.64. The van der Waals surface area contributed by atoms with E-state index in [1.165, 1.54) is 6.07 Å². The van der Waals surface area contributed by atoms with Crippen LogP contribution in [0.4, 0.5) is 4.39 Å². The smallest absolute Gasteiger partial charge is 0.256 e. The van der Waals surface area contributed by atoms with Crippen molar-refractivity contribution in [3.05, 3.63) is 107 Å². The average molecular weight is 490 g/mol. The van der Waals surface area contributed by atoms with Gasteiger partial charge in [0.25, 0.3) is 5.91 Å². The van der Waals surface area contributed by atoms with Gasteiger partial charge in [-0.2, -0.15) is 0 Å². The third kappa shape index (κ3) is 4.81. The number of aliphatic hydroxyl groups excluding tert-OH is 1. The van der Waals surface area contributed by atoms with Gasteiger partial charge in [-0.05, 0) is 41.9 Å². The fourth-order valence-electron chi connectivity index (χ4n) is 6.05. The van der Waals surface area contributed by atoms with Gasteiger partial charge in [0.2, 0.25) is 0 Å². The first-order valence-electron chi connectivity index (χ1n) is 12.6. The number of fused-ring (bicyclic) bond motifs is 1. The molecule has 1 aliphatic carbocycles. The molecule has 5 rings (SSSR count). The summed E-state index contributed by atoms with van der Waals surface area (Å²) in [5.74, 6) is -1.16. The summed E-state index contributed by atoms with van der Waals surface area (Å²) in [7, 11) is 0. The number of halogens is 1. The van der Waals surface area contributed by atoms with Gasteiger partial charge >= 0.3 is 0 Å². The SMILES string of the molecule is O=C(C(OCc1ccccc1)c1ccccc1)N1CC2CC(CO)CC(O)(c3ccccc3F)C2C1. The number of nitrogens with zero attached hydrogens (tertiary/aromatic N) is 1. The van der Waals surface area contributed by atoms with Crippen molar-refractivity contribution in [2.24, 2.45) is 17.8 Å². The second kappa shape index (κ2) is 10.5. The van der Waals surface area contributed by atoms with E-state index in [-0.39, 0.29) is 42.3 Å². The van der Waals surface area contributed by atoms with Crippen LogP contribution in [0.1, 0.15) is 35.6 Å². The number of rotatable bonds is 7. The summed E-state index contributed by atoms with van der Waals surface area (Å²) < 4.78 is 21.0. The Morgan fingerprint density at radius 3 is 2.36 bits per heavy atom. The van der Waals surface area contributed by atoms with Gasteiger partial charge in [0.05, 0.1) is 12.2 Å². The van der Waals surface area contributed by atoms with Crippen LogP contribution in [0.5, 0.6) is 0 Å². The molecule has 0 radical (unpaired) electrons. The lowest BCUT2D eigenvalue weighted by molar-refractivity contribution is -0.144. The summed E-state index contributed by atoms with van der Waals surface area (Å²) in [5.41, 5.74) is 0.531. The molecule has 3 aromatic rings. The van der Waals surface area contributed by atoms with Gasteiger partial charge in [-0.1, -0.05) is 78.9 Å². The van der Waals surface area contributed by atoms with Crippen molar-refractivity contribution in [1.29, 1.82) is 0 Å². The van der Waals surface area contributed by atoms with Gasteiger partial charge in [-0.15, -0.1) is 0 Å². The predicted octanol–water partition coefficient (Wildman–Crippen LogP) is 4.45. The highest BCUT2D eigenvalue weighted by Gasteiger charge is 2.54. The number of amides is 1. The van der Waals surface area contributed by atoms with Gasteiger partial charge in [-0.25, -0.2) is 4.39 Å². The largest absolute Gasteiger partial charge is 0.396 e. The molecule has 1 heterocycles. The van der Waals surface area contributed by atoms with Crippen LogP contribution in [-0.2, 0) is 21.7 Å². The van der Waals surface area contributed by atoms with E-state index in [4.69, 9.17) is 4.74 Å². The Morgan fingerprint density at radius 1 is 1.00 bits per heavy atom. The predicted molar refractivity (Wildman–Crippen MR) is 134 cm³/mol. The minimum atomic E-state index is -1.45. The van der Waals surface area contributed by atoms with Crippen LogP contribution in [0.3, 0.4) is 0 Å². The van der Waals surface area contributed by atoms with Crippen molar-refractivity contribution in [2.75, 3.05) is 19.7 Å². The van der Waals surface area contributed by atoms with Gasteiger partial charge in [0.15, 0.2) is 6.10 Å². The highest BCUT2D eigenvalue weighted by molar-refractivity contribution is 5.82. The van der Waals surface area contributed by atoms with E-state index in [1.54, 1.807) is 23.1 Å². The molecule has 0 spiro atoms.